The number of nitrogen functional groups attached to an aromatic ring is 1. The summed E-state index contributed by atoms with van der Waals surface area (Å²) in [4.78, 5) is 20.2. The lowest BCUT2D eigenvalue weighted by Crippen LogP contribution is -2.50. The molecule has 0 saturated carbocycles. The number of ether oxygens (including phenoxy) is 2. The molecule has 2 rings (SSSR count). The molecular formula is C15H24N4O3. The normalized spacial score (nSPS) is 15.6. The van der Waals surface area contributed by atoms with Crippen LogP contribution in [0.1, 0.15) is 20.8 Å². The monoisotopic (exact) mass is 308 g/mol. The molecule has 1 amide bonds. The first-order valence-corrected chi connectivity index (χ1v) is 7.32. The van der Waals surface area contributed by atoms with Gasteiger partial charge in [0.2, 0.25) is 0 Å². The molecule has 0 aliphatic carbocycles. The first-order valence-electron chi connectivity index (χ1n) is 7.32. The number of piperazine rings is 1. The predicted octanol–water partition coefficient (Wildman–Crippen LogP) is 1.73. The third-order valence-electron chi connectivity index (χ3n) is 3.36. The molecule has 1 aliphatic rings. The number of carbonyl (C=O) groups excluding carboxylic acids is 1. The number of carbonyl (C=O) groups is 1. The van der Waals surface area contributed by atoms with Gasteiger partial charge < -0.3 is 25.0 Å². The molecule has 1 aromatic heterocycles. The molecule has 1 aromatic rings. The number of amides is 1. The fraction of sp³-hybridized carbons (Fsp3) is 0.600. The van der Waals surface area contributed by atoms with Crippen LogP contribution in [0, 0.1) is 0 Å². The minimum Gasteiger partial charge on any atom is -0.494 e. The molecule has 122 valence electrons. The SMILES string of the molecule is COc1cc(N2CCN(C(=O)OC(C)(C)C)CC2)ncc1N. The van der Waals surface area contributed by atoms with Gasteiger partial charge in [-0.1, -0.05) is 0 Å². The molecule has 2 heterocycles. The summed E-state index contributed by atoms with van der Waals surface area (Å²) in [6.07, 6.45) is 1.32. The van der Waals surface area contributed by atoms with Gasteiger partial charge in [-0.2, -0.15) is 0 Å². The topological polar surface area (TPSA) is 80.9 Å². The van der Waals surface area contributed by atoms with E-state index in [2.05, 4.69) is 9.88 Å². The van der Waals surface area contributed by atoms with Crippen molar-refractivity contribution in [3.8, 4) is 5.75 Å². The maximum Gasteiger partial charge on any atom is 0.410 e. The van der Waals surface area contributed by atoms with Crippen LogP contribution in [0.5, 0.6) is 5.75 Å². The summed E-state index contributed by atoms with van der Waals surface area (Å²) < 4.78 is 10.6. The van der Waals surface area contributed by atoms with Crippen LogP contribution >= 0.6 is 0 Å². The molecule has 7 heteroatoms. The molecule has 1 saturated heterocycles. The third-order valence-corrected chi connectivity index (χ3v) is 3.36. The number of pyridine rings is 1. The second-order valence-electron chi connectivity index (χ2n) is 6.24. The highest BCUT2D eigenvalue weighted by Crippen LogP contribution is 2.25. The summed E-state index contributed by atoms with van der Waals surface area (Å²) in [6.45, 7) is 8.19. The average Bonchev–Trinajstić information content (AvgIpc) is 2.46. The van der Waals surface area contributed by atoms with Gasteiger partial charge in [-0.15, -0.1) is 0 Å². The summed E-state index contributed by atoms with van der Waals surface area (Å²) in [7, 11) is 1.58. The fourth-order valence-corrected chi connectivity index (χ4v) is 2.23. The van der Waals surface area contributed by atoms with Crippen molar-refractivity contribution in [3.05, 3.63) is 12.3 Å². The lowest BCUT2D eigenvalue weighted by atomic mass is 10.2. The Balaban J connectivity index is 1.96. The molecule has 22 heavy (non-hydrogen) atoms. The van der Waals surface area contributed by atoms with Gasteiger partial charge in [-0.25, -0.2) is 9.78 Å². The molecule has 0 bridgehead atoms. The predicted molar refractivity (Wildman–Crippen MR) is 85.2 cm³/mol. The van der Waals surface area contributed by atoms with Gasteiger partial charge in [0.25, 0.3) is 0 Å². The molecule has 2 N–H and O–H groups in total. The van der Waals surface area contributed by atoms with E-state index < -0.39 is 5.60 Å². The van der Waals surface area contributed by atoms with E-state index in [0.29, 0.717) is 37.6 Å². The highest BCUT2D eigenvalue weighted by atomic mass is 16.6. The van der Waals surface area contributed by atoms with E-state index in [1.54, 1.807) is 18.2 Å². The lowest BCUT2D eigenvalue weighted by Gasteiger charge is -2.36. The first-order chi connectivity index (χ1) is 10.3. The van der Waals surface area contributed by atoms with Crippen molar-refractivity contribution in [3.63, 3.8) is 0 Å². The van der Waals surface area contributed by atoms with Crippen LogP contribution in [0.2, 0.25) is 0 Å². The largest absolute Gasteiger partial charge is 0.494 e. The number of aromatic nitrogens is 1. The van der Waals surface area contributed by atoms with Crippen molar-refractivity contribution in [1.29, 1.82) is 0 Å². The molecule has 0 radical (unpaired) electrons. The van der Waals surface area contributed by atoms with Crippen molar-refractivity contribution in [2.75, 3.05) is 43.9 Å². The summed E-state index contributed by atoms with van der Waals surface area (Å²) in [5.74, 6) is 1.41. The molecule has 7 nitrogen and oxygen atoms in total. The highest BCUT2D eigenvalue weighted by Gasteiger charge is 2.26. The first kappa shape index (κ1) is 16.2. The second kappa shape index (κ2) is 6.29. The standard InChI is InChI=1S/C15H24N4O3/c1-15(2,3)22-14(20)19-7-5-18(6-8-19)13-9-12(21-4)11(16)10-17-13/h9-10H,5-8,16H2,1-4H3. The van der Waals surface area contributed by atoms with E-state index in [1.165, 1.54) is 0 Å². The van der Waals surface area contributed by atoms with E-state index in [-0.39, 0.29) is 6.09 Å². The van der Waals surface area contributed by atoms with Crippen molar-refractivity contribution in [2.45, 2.75) is 26.4 Å². The van der Waals surface area contributed by atoms with Gasteiger partial charge in [0.05, 0.1) is 19.0 Å². The summed E-state index contributed by atoms with van der Waals surface area (Å²) in [5, 5.41) is 0. The Hall–Kier alpha value is -2.18. The Kier molecular flexibility index (Phi) is 4.63. The summed E-state index contributed by atoms with van der Waals surface area (Å²) in [6, 6.07) is 1.82. The van der Waals surface area contributed by atoms with Gasteiger partial charge in [-0.05, 0) is 20.8 Å². The van der Waals surface area contributed by atoms with Crippen LogP contribution in [-0.4, -0.2) is 54.9 Å². The zero-order valence-electron chi connectivity index (χ0n) is 13.6. The Morgan fingerprint density at radius 2 is 1.91 bits per heavy atom. The van der Waals surface area contributed by atoms with Crippen LogP contribution < -0.4 is 15.4 Å². The highest BCUT2D eigenvalue weighted by molar-refractivity contribution is 5.68. The number of nitrogens with two attached hydrogens (primary N) is 1. The lowest BCUT2D eigenvalue weighted by molar-refractivity contribution is 0.0240. The number of methoxy groups -OCH3 is 1. The van der Waals surface area contributed by atoms with Gasteiger partial charge in [0.1, 0.15) is 17.2 Å². The number of hydrogen-bond acceptors (Lipinski definition) is 6. The molecule has 1 aliphatic heterocycles. The van der Waals surface area contributed by atoms with E-state index in [9.17, 15) is 4.79 Å². The summed E-state index contributed by atoms with van der Waals surface area (Å²) in [5.41, 5.74) is 5.82. The average molecular weight is 308 g/mol. The molecule has 0 atom stereocenters. The molecule has 0 unspecified atom stereocenters. The van der Waals surface area contributed by atoms with Gasteiger partial charge in [-0.3, -0.25) is 0 Å². The molecule has 1 fully saturated rings. The smallest absolute Gasteiger partial charge is 0.410 e. The van der Waals surface area contributed by atoms with E-state index >= 15 is 0 Å². The van der Waals surface area contributed by atoms with Crippen molar-refractivity contribution in [2.24, 2.45) is 0 Å². The minimum absolute atomic E-state index is 0.269. The summed E-state index contributed by atoms with van der Waals surface area (Å²) >= 11 is 0. The number of anilines is 2. The fourth-order valence-electron chi connectivity index (χ4n) is 2.23. The Morgan fingerprint density at radius 1 is 1.27 bits per heavy atom. The Labute approximate surface area is 131 Å². The zero-order valence-corrected chi connectivity index (χ0v) is 13.6. The van der Waals surface area contributed by atoms with Crippen LogP contribution in [0.25, 0.3) is 0 Å². The molecular weight excluding hydrogens is 284 g/mol. The maximum atomic E-state index is 12.0. The van der Waals surface area contributed by atoms with Crippen molar-refractivity contribution in [1.82, 2.24) is 9.88 Å². The molecule has 0 spiro atoms. The zero-order chi connectivity index (χ0) is 16.3. The Bertz CT molecular complexity index is 534. The van der Waals surface area contributed by atoms with Crippen molar-refractivity contribution >= 4 is 17.6 Å². The number of hydrogen-bond donors (Lipinski definition) is 1. The quantitative estimate of drug-likeness (QED) is 0.896. The van der Waals surface area contributed by atoms with Crippen LogP contribution in [0.3, 0.4) is 0 Å². The van der Waals surface area contributed by atoms with Crippen LogP contribution in [0.4, 0.5) is 16.3 Å². The maximum absolute atomic E-state index is 12.0. The van der Waals surface area contributed by atoms with Gasteiger partial charge >= 0.3 is 6.09 Å². The van der Waals surface area contributed by atoms with Gasteiger partial charge in [0.15, 0.2) is 0 Å². The van der Waals surface area contributed by atoms with Crippen LogP contribution in [0.15, 0.2) is 12.3 Å². The number of rotatable bonds is 2. The van der Waals surface area contributed by atoms with Crippen molar-refractivity contribution < 1.29 is 14.3 Å². The second-order valence-corrected chi connectivity index (χ2v) is 6.24. The third kappa shape index (κ3) is 3.93. The van der Waals surface area contributed by atoms with E-state index in [1.807, 2.05) is 26.8 Å². The minimum atomic E-state index is -0.472. The van der Waals surface area contributed by atoms with E-state index in [4.69, 9.17) is 15.2 Å². The Morgan fingerprint density at radius 3 is 2.45 bits per heavy atom. The number of nitrogens with zero attached hydrogens (tertiary/aromatic N) is 3. The van der Waals surface area contributed by atoms with E-state index in [0.717, 1.165) is 5.82 Å². The molecule has 0 aromatic carbocycles. The van der Waals surface area contributed by atoms with Crippen LogP contribution in [-0.2, 0) is 4.74 Å². The van der Waals surface area contributed by atoms with Gasteiger partial charge in [0, 0.05) is 32.2 Å².